The Hall–Kier alpha value is -1.99. The van der Waals surface area contributed by atoms with Crippen molar-refractivity contribution >= 4 is 21.4 Å². The number of primary sulfonamides is 1. The van der Waals surface area contributed by atoms with Gasteiger partial charge in [-0.05, 0) is 37.3 Å². The van der Waals surface area contributed by atoms with Gasteiger partial charge < -0.3 is 15.1 Å². The van der Waals surface area contributed by atoms with E-state index in [1.54, 1.807) is 6.07 Å². The van der Waals surface area contributed by atoms with Crippen molar-refractivity contribution in [2.45, 2.75) is 18.4 Å². The van der Waals surface area contributed by atoms with Crippen molar-refractivity contribution in [2.24, 2.45) is 5.14 Å². The third kappa shape index (κ3) is 3.12. The van der Waals surface area contributed by atoms with Crippen LogP contribution in [0.2, 0.25) is 0 Å². The quantitative estimate of drug-likeness (QED) is 0.831. The Bertz CT molecular complexity index is 722. The van der Waals surface area contributed by atoms with Gasteiger partial charge in [-0.3, -0.25) is 0 Å². The highest BCUT2D eigenvalue weighted by molar-refractivity contribution is 7.89. The molecule has 108 valence electrons. The van der Waals surface area contributed by atoms with E-state index in [1.807, 2.05) is 31.0 Å². The maximum Gasteiger partial charge on any atom is 0.238 e. The highest BCUT2D eigenvalue weighted by atomic mass is 32.2. The highest BCUT2D eigenvalue weighted by Crippen LogP contribution is 2.26. The number of furan rings is 1. The number of benzene rings is 1. The summed E-state index contributed by atoms with van der Waals surface area (Å²) in [6.07, 6.45) is 0. The van der Waals surface area contributed by atoms with Crippen molar-refractivity contribution in [3.8, 4) is 0 Å². The van der Waals surface area contributed by atoms with E-state index in [2.05, 4.69) is 0 Å². The molecule has 0 saturated heterocycles. The Labute approximate surface area is 118 Å². The van der Waals surface area contributed by atoms with Crippen molar-refractivity contribution in [1.82, 2.24) is 0 Å². The van der Waals surface area contributed by atoms with Gasteiger partial charge in [0.25, 0.3) is 0 Å². The van der Waals surface area contributed by atoms with E-state index in [1.165, 1.54) is 12.1 Å². The zero-order valence-corrected chi connectivity index (χ0v) is 12.1. The average Bonchev–Trinajstić information content (AvgIpc) is 2.73. The molecule has 20 heavy (non-hydrogen) atoms. The van der Waals surface area contributed by atoms with E-state index >= 15 is 0 Å². The lowest BCUT2D eigenvalue weighted by Gasteiger charge is -2.20. The number of sulfonamides is 1. The largest absolute Gasteiger partial charge is 0.464 e. The molecule has 2 rings (SSSR count). The maximum absolute atomic E-state index is 11.3. The fraction of sp³-hybridized carbons (Fsp3) is 0.231. The van der Waals surface area contributed by atoms with E-state index in [-0.39, 0.29) is 4.90 Å². The summed E-state index contributed by atoms with van der Waals surface area (Å²) in [6.45, 7) is 2.41. The molecule has 0 fully saturated rings. The van der Waals surface area contributed by atoms with Gasteiger partial charge in [0, 0.05) is 7.05 Å². The fourth-order valence-corrected chi connectivity index (χ4v) is 2.50. The summed E-state index contributed by atoms with van der Waals surface area (Å²) in [5.41, 5.74) is 6.95. The van der Waals surface area contributed by atoms with Crippen LogP contribution in [0.5, 0.6) is 0 Å². The molecular weight excluding hydrogens is 278 g/mol. The zero-order chi connectivity index (χ0) is 14.9. The summed E-state index contributed by atoms with van der Waals surface area (Å²) in [5, 5.41) is 5.07. The van der Waals surface area contributed by atoms with Crippen LogP contribution in [0.25, 0.3) is 0 Å². The molecule has 0 spiro atoms. The zero-order valence-electron chi connectivity index (χ0n) is 11.3. The van der Waals surface area contributed by atoms with Gasteiger partial charge in [-0.15, -0.1) is 0 Å². The molecule has 2 aromatic rings. The van der Waals surface area contributed by atoms with Crippen LogP contribution in [0, 0.1) is 6.92 Å². The fourth-order valence-electron chi connectivity index (χ4n) is 1.95. The Kier molecular flexibility index (Phi) is 3.74. The van der Waals surface area contributed by atoms with Crippen LogP contribution < -0.4 is 15.8 Å². The van der Waals surface area contributed by atoms with Gasteiger partial charge in [0.05, 0.1) is 22.8 Å². The molecule has 0 radical (unpaired) electrons. The summed E-state index contributed by atoms with van der Waals surface area (Å²) in [7, 11) is -1.89. The van der Waals surface area contributed by atoms with E-state index in [4.69, 9.17) is 15.3 Å². The molecule has 0 aliphatic heterocycles. The second-order valence-electron chi connectivity index (χ2n) is 4.63. The molecule has 0 bridgehead atoms. The van der Waals surface area contributed by atoms with Gasteiger partial charge in [-0.25, -0.2) is 13.6 Å². The third-order valence-electron chi connectivity index (χ3n) is 2.93. The maximum atomic E-state index is 11.3. The second kappa shape index (κ2) is 5.18. The van der Waals surface area contributed by atoms with Gasteiger partial charge in [0.2, 0.25) is 10.0 Å². The minimum atomic E-state index is -3.74. The standard InChI is InChI=1S/C13H17N3O3S/c1-9-3-4-10(19-9)8-16(2)13-6-5-11(7-12(13)14)20(15,17)18/h3-7H,8,14H2,1-2H3,(H2,15,17,18). The number of hydrogen-bond acceptors (Lipinski definition) is 5. The van der Waals surface area contributed by atoms with Gasteiger partial charge in [-0.2, -0.15) is 0 Å². The number of nitrogens with zero attached hydrogens (tertiary/aromatic N) is 1. The summed E-state index contributed by atoms with van der Waals surface area (Å²) in [5.74, 6) is 1.64. The van der Waals surface area contributed by atoms with Crippen molar-refractivity contribution in [3.05, 3.63) is 41.9 Å². The van der Waals surface area contributed by atoms with Crippen molar-refractivity contribution < 1.29 is 12.8 Å². The molecule has 0 unspecified atom stereocenters. The minimum absolute atomic E-state index is 0.000919. The Morgan fingerprint density at radius 2 is 1.95 bits per heavy atom. The monoisotopic (exact) mass is 295 g/mol. The Balaban J connectivity index is 2.24. The van der Waals surface area contributed by atoms with Gasteiger partial charge in [0.1, 0.15) is 11.5 Å². The summed E-state index contributed by atoms with van der Waals surface area (Å²) >= 11 is 0. The minimum Gasteiger partial charge on any atom is -0.464 e. The smallest absolute Gasteiger partial charge is 0.238 e. The first-order valence-corrected chi connectivity index (χ1v) is 7.51. The van der Waals surface area contributed by atoms with Crippen molar-refractivity contribution in [1.29, 1.82) is 0 Å². The Morgan fingerprint density at radius 1 is 1.25 bits per heavy atom. The number of aryl methyl sites for hydroxylation is 1. The van der Waals surface area contributed by atoms with Crippen LogP contribution in [-0.4, -0.2) is 15.5 Å². The Morgan fingerprint density at radius 3 is 2.45 bits per heavy atom. The second-order valence-corrected chi connectivity index (χ2v) is 6.20. The summed E-state index contributed by atoms with van der Waals surface area (Å²) in [6, 6.07) is 8.20. The van der Waals surface area contributed by atoms with Crippen LogP contribution in [0.4, 0.5) is 11.4 Å². The predicted molar refractivity (Wildman–Crippen MR) is 77.8 cm³/mol. The molecule has 1 heterocycles. The van der Waals surface area contributed by atoms with Crippen LogP contribution >= 0.6 is 0 Å². The van der Waals surface area contributed by atoms with Gasteiger partial charge in [0.15, 0.2) is 0 Å². The molecule has 1 aromatic carbocycles. The number of nitrogen functional groups attached to an aromatic ring is 1. The van der Waals surface area contributed by atoms with Crippen LogP contribution in [0.1, 0.15) is 11.5 Å². The lowest BCUT2D eigenvalue weighted by atomic mass is 10.2. The first-order valence-electron chi connectivity index (χ1n) is 5.96. The lowest BCUT2D eigenvalue weighted by molar-refractivity contribution is 0.482. The predicted octanol–water partition coefficient (Wildman–Crippen LogP) is 1.45. The lowest BCUT2D eigenvalue weighted by Crippen LogP contribution is -2.18. The van der Waals surface area contributed by atoms with Crippen molar-refractivity contribution in [3.63, 3.8) is 0 Å². The van der Waals surface area contributed by atoms with E-state index in [9.17, 15) is 8.42 Å². The number of hydrogen-bond donors (Lipinski definition) is 2. The van der Waals surface area contributed by atoms with E-state index < -0.39 is 10.0 Å². The molecule has 4 N–H and O–H groups in total. The molecule has 1 aromatic heterocycles. The molecule has 7 heteroatoms. The van der Waals surface area contributed by atoms with Gasteiger partial charge in [-0.1, -0.05) is 0 Å². The average molecular weight is 295 g/mol. The van der Waals surface area contributed by atoms with E-state index in [0.29, 0.717) is 17.9 Å². The summed E-state index contributed by atoms with van der Waals surface area (Å²) < 4.78 is 28.0. The first kappa shape index (κ1) is 14.4. The molecule has 0 aliphatic rings. The SMILES string of the molecule is Cc1ccc(CN(C)c2ccc(S(N)(=O)=O)cc2N)o1. The number of rotatable bonds is 4. The molecule has 0 atom stereocenters. The topological polar surface area (TPSA) is 103 Å². The highest BCUT2D eigenvalue weighted by Gasteiger charge is 2.13. The first-order chi connectivity index (χ1) is 9.27. The van der Waals surface area contributed by atoms with Gasteiger partial charge >= 0.3 is 0 Å². The van der Waals surface area contributed by atoms with Crippen LogP contribution in [0.15, 0.2) is 39.6 Å². The summed E-state index contributed by atoms with van der Waals surface area (Å²) in [4.78, 5) is 1.88. The van der Waals surface area contributed by atoms with Crippen LogP contribution in [-0.2, 0) is 16.6 Å². The third-order valence-corrected chi connectivity index (χ3v) is 3.84. The number of nitrogens with two attached hydrogens (primary N) is 2. The molecule has 0 aliphatic carbocycles. The molecule has 0 saturated carbocycles. The van der Waals surface area contributed by atoms with Crippen molar-refractivity contribution in [2.75, 3.05) is 17.7 Å². The van der Waals surface area contributed by atoms with E-state index in [0.717, 1.165) is 11.5 Å². The number of anilines is 2. The van der Waals surface area contributed by atoms with Crippen LogP contribution in [0.3, 0.4) is 0 Å². The normalized spacial score (nSPS) is 11.6. The molecular formula is C13H17N3O3S. The molecule has 0 amide bonds. The molecule has 6 nitrogen and oxygen atoms in total.